The molecular formula is C16H25BrCl2N2O2. The van der Waals surface area contributed by atoms with E-state index in [1.54, 1.807) is 7.11 Å². The maximum atomic E-state index is 10.0. The Morgan fingerprint density at radius 3 is 2.52 bits per heavy atom. The van der Waals surface area contributed by atoms with E-state index in [-0.39, 0.29) is 30.6 Å². The van der Waals surface area contributed by atoms with E-state index in [0.717, 1.165) is 32.1 Å². The third kappa shape index (κ3) is 5.13. The lowest BCUT2D eigenvalue weighted by Crippen LogP contribution is -2.45. The first-order chi connectivity index (χ1) is 10.2. The topological polar surface area (TPSA) is 44.7 Å². The number of nitrogens with zero attached hydrogens (tertiary/aromatic N) is 1. The smallest absolute Gasteiger partial charge is 0.172 e. The summed E-state index contributed by atoms with van der Waals surface area (Å²) in [4.78, 5) is 2.56. The van der Waals surface area contributed by atoms with Crippen molar-refractivity contribution in [3.63, 3.8) is 0 Å². The van der Waals surface area contributed by atoms with Gasteiger partial charge in [0.1, 0.15) is 0 Å². The summed E-state index contributed by atoms with van der Waals surface area (Å²) in [6, 6.07) is 4.47. The normalized spacial score (nSPS) is 19.4. The summed E-state index contributed by atoms with van der Waals surface area (Å²) in [7, 11) is 1.60. The second-order valence-corrected chi connectivity index (χ2v) is 6.89. The van der Waals surface area contributed by atoms with Gasteiger partial charge in [0.15, 0.2) is 11.5 Å². The van der Waals surface area contributed by atoms with Crippen molar-refractivity contribution >= 4 is 40.7 Å². The Morgan fingerprint density at radius 2 is 1.96 bits per heavy atom. The number of ether oxygens (including phenoxy) is 1. The molecule has 0 unspecified atom stereocenters. The molecule has 132 valence electrons. The number of phenols is 1. The summed E-state index contributed by atoms with van der Waals surface area (Å²) in [5.74, 6) is 1.60. The first-order valence-corrected chi connectivity index (χ1v) is 8.49. The second kappa shape index (κ2) is 9.33. The number of aromatic hydroxyl groups is 1. The summed E-state index contributed by atoms with van der Waals surface area (Å²) in [6.45, 7) is 4.27. The van der Waals surface area contributed by atoms with Gasteiger partial charge in [0.05, 0.1) is 11.6 Å². The molecule has 2 N–H and O–H groups in total. The van der Waals surface area contributed by atoms with Crippen LogP contribution in [0.3, 0.4) is 0 Å². The molecule has 0 bridgehead atoms. The number of nitrogens with one attached hydrogen (secondary N) is 1. The molecule has 1 atom stereocenters. The molecule has 1 aromatic carbocycles. The Kier molecular flexibility index (Phi) is 8.45. The molecule has 1 aliphatic heterocycles. The zero-order valence-electron chi connectivity index (χ0n) is 13.3. The van der Waals surface area contributed by atoms with Crippen LogP contribution in [0.15, 0.2) is 16.6 Å². The average Bonchev–Trinajstić information content (AvgIpc) is 3.32. The summed E-state index contributed by atoms with van der Waals surface area (Å²) in [5, 5.41) is 13.4. The Labute approximate surface area is 158 Å². The third-order valence-corrected chi connectivity index (χ3v) is 5.11. The highest BCUT2D eigenvalue weighted by molar-refractivity contribution is 9.10. The van der Waals surface area contributed by atoms with E-state index in [2.05, 4.69) is 26.1 Å². The van der Waals surface area contributed by atoms with Crippen molar-refractivity contribution in [1.82, 2.24) is 10.2 Å². The van der Waals surface area contributed by atoms with E-state index in [1.165, 1.54) is 24.8 Å². The average molecular weight is 428 g/mol. The van der Waals surface area contributed by atoms with Crippen LogP contribution in [0.1, 0.15) is 30.9 Å². The lowest BCUT2D eigenvalue weighted by molar-refractivity contribution is 0.160. The molecule has 0 spiro atoms. The monoisotopic (exact) mass is 426 g/mol. The van der Waals surface area contributed by atoms with Gasteiger partial charge in [-0.05, 0) is 46.0 Å². The fraction of sp³-hybridized carbons (Fsp3) is 0.625. The molecule has 1 saturated carbocycles. The van der Waals surface area contributed by atoms with Crippen LogP contribution in [-0.4, -0.2) is 43.3 Å². The van der Waals surface area contributed by atoms with Gasteiger partial charge in [-0.2, -0.15) is 0 Å². The number of piperazine rings is 1. The van der Waals surface area contributed by atoms with Crippen molar-refractivity contribution in [1.29, 1.82) is 0 Å². The van der Waals surface area contributed by atoms with Crippen molar-refractivity contribution in [2.75, 3.05) is 33.3 Å². The van der Waals surface area contributed by atoms with E-state index < -0.39 is 0 Å². The summed E-state index contributed by atoms with van der Waals surface area (Å²) in [6.07, 6.45) is 3.93. The molecule has 0 radical (unpaired) electrons. The number of benzene rings is 1. The summed E-state index contributed by atoms with van der Waals surface area (Å²) in [5.41, 5.74) is 1.24. The number of halogens is 3. The predicted octanol–water partition coefficient (Wildman–Crippen LogP) is 3.75. The maximum Gasteiger partial charge on any atom is 0.172 e. The molecule has 2 fully saturated rings. The minimum absolute atomic E-state index is 0. The van der Waals surface area contributed by atoms with Gasteiger partial charge in [-0.15, -0.1) is 24.8 Å². The van der Waals surface area contributed by atoms with E-state index in [1.807, 2.05) is 12.1 Å². The summed E-state index contributed by atoms with van der Waals surface area (Å²) < 4.78 is 6.03. The zero-order valence-corrected chi connectivity index (χ0v) is 16.5. The van der Waals surface area contributed by atoms with Gasteiger partial charge in [0.2, 0.25) is 0 Å². The van der Waals surface area contributed by atoms with Gasteiger partial charge in [0.25, 0.3) is 0 Å². The molecule has 1 saturated heterocycles. The Morgan fingerprint density at radius 1 is 1.30 bits per heavy atom. The van der Waals surface area contributed by atoms with Gasteiger partial charge in [0, 0.05) is 32.2 Å². The van der Waals surface area contributed by atoms with Crippen molar-refractivity contribution in [2.24, 2.45) is 5.92 Å². The number of hydrogen-bond acceptors (Lipinski definition) is 4. The lowest BCUT2D eigenvalue weighted by atomic mass is 9.98. The highest BCUT2D eigenvalue weighted by Gasteiger charge is 2.31. The molecule has 1 aliphatic carbocycles. The third-order valence-electron chi connectivity index (χ3n) is 4.50. The molecule has 1 aromatic rings. The fourth-order valence-corrected chi connectivity index (χ4v) is 3.56. The van der Waals surface area contributed by atoms with Crippen LogP contribution in [-0.2, 0) is 0 Å². The quantitative estimate of drug-likeness (QED) is 0.750. The van der Waals surface area contributed by atoms with Crippen molar-refractivity contribution in [2.45, 2.75) is 25.3 Å². The Bertz CT molecular complexity index is 509. The predicted molar refractivity (Wildman–Crippen MR) is 101 cm³/mol. The standard InChI is InChI=1S/C16H23BrN2O2.2ClH/c1-21-15-10-12(9-13(17)16(15)20)14(8-11-2-3-11)19-6-4-18-5-7-19;;/h9-11,14,18,20H,2-8H2,1H3;2*1H/t14-;;/m0../s1. The van der Waals surface area contributed by atoms with Crippen LogP contribution in [0, 0.1) is 5.92 Å². The zero-order chi connectivity index (χ0) is 14.8. The molecule has 1 heterocycles. The highest BCUT2D eigenvalue weighted by atomic mass is 79.9. The first kappa shape index (κ1) is 20.8. The van der Waals surface area contributed by atoms with E-state index >= 15 is 0 Å². The van der Waals surface area contributed by atoms with Crippen LogP contribution >= 0.6 is 40.7 Å². The molecular weight excluding hydrogens is 403 g/mol. The van der Waals surface area contributed by atoms with Crippen LogP contribution < -0.4 is 10.1 Å². The van der Waals surface area contributed by atoms with Crippen LogP contribution in [0.2, 0.25) is 0 Å². The molecule has 2 aliphatic rings. The Balaban J connectivity index is 0.00000132. The fourth-order valence-electron chi connectivity index (χ4n) is 3.10. The molecule has 3 rings (SSSR count). The number of rotatable bonds is 5. The highest BCUT2D eigenvalue weighted by Crippen LogP contribution is 2.43. The van der Waals surface area contributed by atoms with Crippen molar-refractivity contribution in [3.8, 4) is 11.5 Å². The van der Waals surface area contributed by atoms with Crippen molar-refractivity contribution in [3.05, 3.63) is 22.2 Å². The maximum absolute atomic E-state index is 10.0. The lowest BCUT2D eigenvalue weighted by Gasteiger charge is -2.35. The van der Waals surface area contributed by atoms with E-state index in [9.17, 15) is 5.11 Å². The number of hydrogen-bond donors (Lipinski definition) is 2. The van der Waals surface area contributed by atoms with Gasteiger partial charge in [-0.3, -0.25) is 4.90 Å². The molecule has 0 amide bonds. The number of methoxy groups -OCH3 is 1. The Hall–Kier alpha value is -0.200. The van der Waals surface area contributed by atoms with Crippen LogP contribution in [0.5, 0.6) is 11.5 Å². The first-order valence-electron chi connectivity index (χ1n) is 7.70. The minimum Gasteiger partial charge on any atom is -0.503 e. The SMILES string of the molecule is COc1cc([C@H](CC2CC2)N2CCNCC2)cc(Br)c1O.Cl.Cl. The molecule has 23 heavy (non-hydrogen) atoms. The van der Waals surface area contributed by atoms with Gasteiger partial charge in [-0.1, -0.05) is 12.8 Å². The van der Waals surface area contributed by atoms with E-state index in [0.29, 0.717) is 16.3 Å². The minimum atomic E-state index is 0. The molecule has 7 heteroatoms. The van der Waals surface area contributed by atoms with Crippen LogP contribution in [0.4, 0.5) is 0 Å². The molecule has 4 nitrogen and oxygen atoms in total. The van der Waals surface area contributed by atoms with Gasteiger partial charge < -0.3 is 15.2 Å². The largest absolute Gasteiger partial charge is 0.503 e. The second-order valence-electron chi connectivity index (χ2n) is 6.03. The van der Waals surface area contributed by atoms with Crippen molar-refractivity contribution < 1.29 is 9.84 Å². The van der Waals surface area contributed by atoms with Crippen LogP contribution in [0.25, 0.3) is 0 Å². The molecule has 0 aromatic heterocycles. The van der Waals surface area contributed by atoms with Gasteiger partial charge in [-0.25, -0.2) is 0 Å². The van der Waals surface area contributed by atoms with E-state index in [4.69, 9.17) is 4.74 Å². The number of phenolic OH excluding ortho intramolecular Hbond substituents is 1. The summed E-state index contributed by atoms with van der Waals surface area (Å²) >= 11 is 3.45. The van der Waals surface area contributed by atoms with Gasteiger partial charge >= 0.3 is 0 Å².